The summed E-state index contributed by atoms with van der Waals surface area (Å²) in [6, 6.07) is 14.8. The summed E-state index contributed by atoms with van der Waals surface area (Å²) < 4.78 is 0.742. The molecule has 1 aliphatic heterocycles. The number of hydrogen-bond acceptors (Lipinski definition) is 7. The van der Waals surface area contributed by atoms with E-state index in [-0.39, 0.29) is 11.6 Å². The molecule has 30 heavy (non-hydrogen) atoms. The van der Waals surface area contributed by atoms with Gasteiger partial charge in [-0.05, 0) is 31.2 Å². The molecule has 0 bridgehead atoms. The van der Waals surface area contributed by atoms with Crippen LogP contribution >= 0.6 is 23.1 Å². The Balaban J connectivity index is 1.47. The second-order valence-electron chi connectivity index (χ2n) is 6.91. The number of hydrogen-bond donors (Lipinski definition) is 0. The molecule has 9 heteroatoms. The zero-order valence-electron chi connectivity index (χ0n) is 16.4. The van der Waals surface area contributed by atoms with Gasteiger partial charge in [-0.2, -0.15) is 0 Å². The van der Waals surface area contributed by atoms with Gasteiger partial charge in [0.25, 0.3) is 11.6 Å². The van der Waals surface area contributed by atoms with E-state index in [2.05, 4.69) is 22.0 Å². The summed E-state index contributed by atoms with van der Waals surface area (Å²) in [6.07, 6.45) is 0. The number of anilines is 1. The van der Waals surface area contributed by atoms with Crippen LogP contribution in [-0.2, 0) is 0 Å². The van der Waals surface area contributed by atoms with Gasteiger partial charge in [0.1, 0.15) is 0 Å². The van der Waals surface area contributed by atoms with E-state index in [0.29, 0.717) is 23.5 Å². The van der Waals surface area contributed by atoms with Crippen LogP contribution in [-0.4, -0.2) is 46.9 Å². The third-order valence-electron chi connectivity index (χ3n) is 4.89. The van der Waals surface area contributed by atoms with Gasteiger partial charge in [0.2, 0.25) is 0 Å². The zero-order chi connectivity index (χ0) is 21.1. The summed E-state index contributed by atoms with van der Waals surface area (Å²) in [7, 11) is 0. The second-order valence-corrected chi connectivity index (χ2v) is 9.06. The molecule has 2 aromatic carbocycles. The van der Waals surface area contributed by atoms with Crippen molar-refractivity contribution in [2.75, 3.05) is 31.1 Å². The maximum atomic E-state index is 13.0. The van der Waals surface area contributed by atoms with Crippen LogP contribution in [0.5, 0.6) is 0 Å². The molecule has 0 aliphatic carbocycles. The van der Waals surface area contributed by atoms with E-state index >= 15 is 0 Å². The van der Waals surface area contributed by atoms with Crippen molar-refractivity contribution in [1.82, 2.24) is 9.88 Å². The highest BCUT2D eigenvalue weighted by atomic mass is 32.2. The van der Waals surface area contributed by atoms with E-state index in [1.165, 1.54) is 29.2 Å². The average molecular weight is 441 g/mol. The van der Waals surface area contributed by atoms with Crippen LogP contribution in [0.4, 0.5) is 11.4 Å². The summed E-state index contributed by atoms with van der Waals surface area (Å²) in [5, 5.41) is 13.5. The Kier molecular flexibility index (Phi) is 6.01. The number of amides is 1. The van der Waals surface area contributed by atoms with E-state index in [0.717, 1.165) is 28.8 Å². The Hall–Kier alpha value is -2.91. The molecule has 2 heterocycles. The van der Waals surface area contributed by atoms with Gasteiger partial charge >= 0.3 is 0 Å². The summed E-state index contributed by atoms with van der Waals surface area (Å²) in [4.78, 5) is 33.0. The number of aromatic nitrogens is 1. The van der Waals surface area contributed by atoms with Crippen LogP contribution in [0.1, 0.15) is 16.1 Å². The number of nitro benzene ring substituents is 1. The summed E-state index contributed by atoms with van der Waals surface area (Å²) >= 11 is 2.70. The van der Waals surface area contributed by atoms with Crippen molar-refractivity contribution in [3.05, 3.63) is 75.3 Å². The number of piperazine rings is 1. The van der Waals surface area contributed by atoms with E-state index in [1.54, 1.807) is 17.0 Å². The molecular weight excluding hydrogens is 420 g/mol. The number of carbonyl (C=O) groups excluding carboxylic acids is 1. The molecule has 1 amide bonds. The fraction of sp³-hybridized carbons (Fsp3) is 0.238. The predicted octanol–water partition coefficient (Wildman–Crippen LogP) is 4.47. The first-order valence-corrected chi connectivity index (χ1v) is 11.2. The van der Waals surface area contributed by atoms with Gasteiger partial charge in [0.05, 0.1) is 9.82 Å². The average Bonchev–Trinajstić information content (AvgIpc) is 3.18. The monoisotopic (exact) mass is 440 g/mol. The van der Waals surface area contributed by atoms with Crippen LogP contribution in [0.2, 0.25) is 0 Å². The van der Waals surface area contributed by atoms with Crippen molar-refractivity contribution < 1.29 is 9.72 Å². The minimum atomic E-state index is -0.438. The Morgan fingerprint density at radius 1 is 1.13 bits per heavy atom. The molecule has 1 aliphatic rings. The van der Waals surface area contributed by atoms with Crippen molar-refractivity contribution >= 4 is 40.4 Å². The number of aryl methyl sites for hydroxylation is 1. The molecule has 0 unspecified atom stereocenters. The first kappa shape index (κ1) is 20.4. The normalized spacial score (nSPS) is 14.0. The van der Waals surface area contributed by atoms with Crippen molar-refractivity contribution in [1.29, 1.82) is 0 Å². The predicted molar refractivity (Wildman–Crippen MR) is 119 cm³/mol. The fourth-order valence-corrected chi connectivity index (χ4v) is 5.22. The van der Waals surface area contributed by atoms with E-state index in [1.807, 2.05) is 30.5 Å². The minimum Gasteiger partial charge on any atom is -0.368 e. The highest BCUT2D eigenvalue weighted by molar-refractivity contribution is 8.01. The van der Waals surface area contributed by atoms with Gasteiger partial charge in [-0.1, -0.05) is 30.0 Å². The fourth-order valence-electron chi connectivity index (χ4n) is 3.34. The van der Waals surface area contributed by atoms with Crippen LogP contribution in [0.3, 0.4) is 0 Å². The van der Waals surface area contributed by atoms with Crippen LogP contribution in [0, 0.1) is 17.0 Å². The minimum absolute atomic E-state index is 0.0679. The van der Waals surface area contributed by atoms with Crippen LogP contribution in [0.15, 0.2) is 63.1 Å². The van der Waals surface area contributed by atoms with E-state index in [9.17, 15) is 14.9 Å². The molecule has 3 aromatic rings. The summed E-state index contributed by atoms with van der Waals surface area (Å²) in [5.41, 5.74) is 2.29. The third kappa shape index (κ3) is 4.47. The highest BCUT2D eigenvalue weighted by Gasteiger charge is 2.25. The van der Waals surface area contributed by atoms with Crippen molar-refractivity contribution in [3.8, 4) is 0 Å². The largest absolute Gasteiger partial charge is 0.368 e. The molecule has 0 atom stereocenters. The number of thiazole rings is 1. The van der Waals surface area contributed by atoms with Gasteiger partial charge < -0.3 is 9.80 Å². The lowest BCUT2D eigenvalue weighted by atomic mass is 10.1. The molecule has 1 fully saturated rings. The Bertz CT molecular complexity index is 1060. The van der Waals surface area contributed by atoms with Crippen LogP contribution in [0.25, 0.3) is 0 Å². The van der Waals surface area contributed by atoms with Crippen LogP contribution < -0.4 is 4.90 Å². The second kappa shape index (κ2) is 8.85. The number of carbonyl (C=O) groups is 1. The molecule has 1 saturated heterocycles. The summed E-state index contributed by atoms with van der Waals surface area (Å²) in [6.45, 7) is 4.51. The summed E-state index contributed by atoms with van der Waals surface area (Å²) in [5.74, 6) is -0.174. The third-order valence-corrected chi connectivity index (χ3v) is 7.01. The number of rotatable bonds is 5. The van der Waals surface area contributed by atoms with Crippen molar-refractivity contribution in [2.24, 2.45) is 0 Å². The maximum absolute atomic E-state index is 13.0. The standard InChI is InChI=1S/C21H20N4O3S2/c1-15-14-29-21(22-15)30-19-8-7-16(13-18(19)25(27)28)20(26)24-11-9-23(10-12-24)17-5-3-2-4-6-17/h2-8,13-14H,9-12H2,1H3. The Morgan fingerprint density at radius 3 is 2.50 bits per heavy atom. The molecule has 0 saturated carbocycles. The van der Waals surface area contributed by atoms with Gasteiger partial charge in [0, 0.05) is 54.6 Å². The highest BCUT2D eigenvalue weighted by Crippen LogP contribution is 2.37. The Morgan fingerprint density at radius 2 is 1.87 bits per heavy atom. The van der Waals surface area contributed by atoms with Gasteiger partial charge in [-0.25, -0.2) is 4.98 Å². The Labute approximate surface area is 182 Å². The first-order chi connectivity index (χ1) is 14.5. The molecule has 0 N–H and O–H groups in total. The molecule has 1 aromatic heterocycles. The molecule has 154 valence electrons. The first-order valence-electron chi connectivity index (χ1n) is 9.49. The number of benzene rings is 2. The van der Waals surface area contributed by atoms with Gasteiger partial charge in [0.15, 0.2) is 4.34 Å². The van der Waals surface area contributed by atoms with Gasteiger partial charge in [-0.15, -0.1) is 11.3 Å². The lowest BCUT2D eigenvalue weighted by molar-refractivity contribution is -0.387. The molecule has 4 rings (SSSR count). The molecule has 0 spiro atoms. The molecular formula is C21H20N4O3S2. The van der Waals surface area contributed by atoms with E-state index in [4.69, 9.17) is 0 Å². The van der Waals surface area contributed by atoms with Crippen molar-refractivity contribution in [2.45, 2.75) is 16.2 Å². The maximum Gasteiger partial charge on any atom is 0.284 e. The van der Waals surface area contributed by atoms with Crippen molar-refractivity contribution in [3.63, 3.8) is 0 Å². The lowest BCUT2D eigenvalue weighted by Crippen LogP contribution is -2.48. The van der Waals surface area contributed by atoms with Gasteiger partial charge in [-0.3, -0.25) is 14.9 Å². The topological polar surface area (TPSA) is 79.6 Å². The molecule has 0 radical (unpaired) electrons. The number of para-hydroxylation sites is 1. The number of nitro groups is 1. The molecule has 7 nitrogen and oxygen atoms in total. The smallest absolute Gasteiger partial charge is 0.284 e. The SMILES string of the molecule is Cc1csc(Sc2ccc(C(=O)N3CCN(c4ccccc4)CC3)cc2[N+](=O)[O-])n1. The van der Waals surface area contributed by atoms with E-state index < -0.39 is 4.92 Å². The lowest BCUT2D eigenvalue weighted by Gasteiger charge is -2.36. The number of nitrogens with zero attached hydrogens (tertiary/aromatic N) is 4. The zero-order valence-corrected chi connectivity index (χ0v) is 18.0. The quantitative estimate of drug-likeness (QED) is 0.430.